The summed E-state index contributed by atoms with van der Waals surface area (Å²) in [7, 11) is 0. The van der Waals surface area contributed by atoms with Gasteiger partial charge < -0.3 is 9.88 Å². The molecule has 5 heteroatoms. The smallest absolute Gasteiger partial charge is 0.203 e. The Morgan fingerprint density at radius 2 is 2.04 bits per heavy atom. The van der Waals surface area contributed by atoms with Gasteiger partial charge >= 0.3 is 0 Å². The first-order chi connectivity index (χ1) is 11.2. The Kier molecular flexibility index (Phi) is 3.54. The van der Waals surface area contributed by atoms with Crippen LogP contribution in [0.4, 0.5) is 5.95 Å². The van der Waals surface area contributed by atoms with Crippen molar-refractivity contribution in [1.29, 1.82) is 0 Å². The number of rotatable bonds is 3. The van der Waals surface area contributed by atoms with Gasteiger partial charge in [0, 0.05) is 30.1 Å². The number of nitrogens with zero attached hydrogens (tertiary/aromatic N) is 2. The number of hydrogen-bond acceptors (Lipinski definition) is 3. The summed E-state index contributed by atoms with van der Waals surface area (Å²) in [6.45, 7) is 1.91. The van der Waals surface area contributed by atoms with Crippen LogP contribution >= 0.6 is 11.6 Å². The number of imidazole rings is 1. The van der Waals surface area contributed by atoms with Crippen molar-refractivity contribution in [2.45, 2.75) is 19.4 Å². The number of anilines is 1. The highest BCUT2D eigenvalue weighted by Gasteiger charge is 2.17. The summed E-state index contributed by atoms with van der Waals surface area (Å²) in [6.07, 6.45) is 1.43. The van der Waals surface area contributed by atoms with E-state index in [1.807, 2.05) is 12.1 Å². The second kappa shape index (κ2) is 5.70. The number of halogens is 1. The van der Waals surface area contributed by atoms with Gasteiger partial charge in [0.15, 0.2) is 5.78 Å². The number of aryl methyl sites for hydroxylation is 1. The molecule has 2 heterocycles. The van der Waals surface area contributed by atoms with Gasteiger partial charge in [-0.2, -0.15) is 0 Å². The number of aromatic nitrogens is 2. The van der Waals surface area contributed by atoms with Gasteiger partial charge in [0.25, 0.3) is 0 Å². The van der Waals surface area contributed by atoms with Crippen LogP contribution in [0.15, 0.2) is 42.5 Å². The molecule has 0 radical (unpaired) electrons. The number of hydrogen-bond donors (Lipinski definition) is 1. The van der Waals surface area contributed by atoms with Gasteiger partial charge in [0.2, 0.25) is 5.95 Å². The maximum Gasteiger partial charge on any atom is 0.203 e. The van der Waals surface area contributed by atoms with Crippen molar-refractivity contribution in [3.63, 3.8) is 0 Å². The van der Waals surface area contributed by atoms with E-state index in [-0.39, 0.29) is 5.78 Å². The van der Waals surface area contributed by atoms with Crippen molar-refractivity contribution in [3.05, 3.63) is 58.6 Å². The molecule has 0 bridgehead atoms. The van der Waals surface area contributed by atoms with E-state index >= 15 is 0 Å². The van der Waals surface area contributed by atoms with E-state index in [4.69, 9.17) is 16.6 Å². The highest BCUT2D eigenvalue weighted by molar-refractivity contribution is 6.30. The minimum absolute atomic E-state index is 0.0769. The molecule has 0 saturated carbocycles. The molecule has 23 heavy (non-hydrogen) atoms. The molecule has 1 aliphatic rings. The number of carbonyl (C=O) groups excluding carboxylic acids is 1. The van der Waals surface area contributed by atoms with Crippen molar-refractivity contribution >= 4 is 34.4 Å². The van der Waals surface area contributed by atoms with Crippen molar-refractivity contribution in [2.24, 2.45) is 0 Å². The van der Waals surface area contributed by atoms with E-state index in [0.29, 0.717) is 17.0 Å². The first-order valence-electron chi connectivity index (χ1n) is 7.73. The number of carbonyl (C=O) groups is 1. The number of ketones is 1. The van der Waals surface area contributed by atoms with Gasteiger partial charge in [-0.1, -0.05) is 23.7 Å². The monoisotopic (exact) mass is 325 g/mol. The van der Waals surface area contributed by atoms with Gasteiger partial charge in [-0.3, -0.25) is 4.79 Å². The molecule has 4 nitrogen and oxygen atoms in total. The first kappa shape index (κ1) is 14.3. The number of para-hydroxylation sites is 1. The average molecular weight is 326 g/mol. The zero-order valence-corrected chi connectivity index (χ0v) is 13.3. The fourth-order valence-corrected chi connectivity index (χ4v) is 3.18. The largest absolute Gasteiger partial charge is 0.356 e. The van der Waals surface area contributed by atoms with Crippen molar-refractivity contribution in [1.82, 2.24) is 9.55 Å². The van der Waals surface area contributed by atoms with Crippen molar-refractivity contribution in [3.8, 4) is 0 Å². The quantitative estimate of drug-likeness (QED) is 0.742. The van der Waals surface area contributed by atoms with Gasteiger partial charge in [-0.05, 0) is 42.3 Å². The van der Waals surface area contributed by atoms with Crippen molar-refractivity contribution in [2.75, 3.05) is 11.9 Å². The second-order valence-electron chi connectivity index (χ2n) is 5.76. The number of Topliss-reactive ketones (excluding diaryl/α,β-unsaturated/α-hetero) is 1. The molecule has 0 saturated heterocycles. The maximum atomic E-state index is 12.5. The van der Waals surface area contributed by atoms with Crippen molar-refractivity contribution < 1.29 is 4.79 Å². The second-order valence-corrected chi connectivity index (χ2v) is 6.20. The molecule has 1 aliphatic heterocycles. The molecule has 0 fully saturated rings. The topological polar surface area (TPSA) is 46.9 Å². The molecule has 4 rings (SSSR count). The van der Waals surface area contributed by atoms with E-state index in [2.05, 4.69) is 16.0 Å². The Hall–Kier alpha value is -2.33. The van der Waals surface area contributed by atoms with Crippen LogP contribution in [0.2, 0.25) is 5.02 Å². The van der Waals surface area contributed by atoms with Crippen LogP contribution in [0, 0.1) is 0 Å². The molecule has 1 aromatic heterocycles. The van der Waals surface area contributed by atoms with Crippen LogP contribution in [-0.2, 0) is 13.0 Å². The predicted molar refractivity (Wildman–Crippen MR) is 92.3 cm³/mol. The number of benzene rings is 2. The van der Waals surface area contributed by atoms with Gasteiger partial charge in [-0.25, -0.2) is 4.98 Å². The Balaban J connectivity index is 1.70. The summed E-state index contributed by atoms with van der Waals surface area (Å²) in [5.41, 5.74) is 3.65. The lowest BCUT2D eigenvalue weighted by Crippen LogP contribution is -2.16. The van der Waals surface area contributed by atoms with Gasteiger partial charge in [0.05, 0.1) is 11.0 Å². The van der Waals surface area contributed by atoms with Crippen LogP contribution in [0.25, 0.3) is 11.0 Å². The molecular formula is C18H16ClN3O. The average Bonchev–Trinajstić information content (AvgIpc) is 2.95. The third-order valence-electron chi connectivity index (χ3n) is 4.22. The Labute approximate surface area is 139 Å². The summed E-state index contributed by atoms with van der Waals surface area (Å²) in [5, 5.41) is 3.96. The Morgan fingerprint density at radius 1 is 1.22 bits per heavy atom. The van der Waals surface area contributed by atoms with Gasteiger partial charge in [0.1, 0.15) is 0 Å². The third kappa shape index (κ3) is 2.59. The number of nitrogens with one attached hydrogen (secondary N) is 1. The van der Waals surface area contributed by atoms with Crippen LogP contribution in [0.1, 0.15) is 22.3 Å². The molecule has 2 aromatic carbocycles. The van der Waals surface area contributed by atoms with Crippen LogP contribution in [0.5, 0.6) is 0 Å². The molecule has 0 aliphatic carbocycles. The Morgan fingerprint density at radius 3 is 2.87 bits per heavy atom. The molecule has 0 amide bonds. The number of fused-ring (bicyclic) bond motifs is 3. The highest BCUT2D eigenvalue weighted by Crippen LogP contribution is 2.26. The molecular weight excluding hydrogens is 310 g/mol. The zero-order valence-electron chi connectivity index (χ0n) is 12.6. The first-order valence-corrected chi connectivity index (χ1v) is 8.11. The Bertz CT molecular complexity index is 883. The fraction of sp³-hybridized carbons (Fsp3) is 0.222. The molecule has 3 aromatic rings. The van der Waals surface area contributed by atoms with Crippen LogP contribution in [0.3, 0.4) is 0 Å². The lowest BCUT2D eigenvalue weighted by molar-refractivity contribution is 0.0993. The van der Waals surface area contributed by atoms with E-state index < -0.39 is 0 Å². The summed E-state index contributed by atoms with van der Waals surface area (Å²) in [4.78, 5) is 17.2. The molecule has 0 unspecified atom stereocenters. The maximum absolute atomic E-state index is 12.5. The zero-order chi connectivity index (χ0) is 15.8. The normalized spacial score (nSPS) is 13.6. The van der Waals surface area contributed by atoms with Gasteiger partial charge in [-0.15, -0.1) is 0 Å². The van der Waals surface area contributed by atoms with Crippen LogP contribution < -0.4 is 5.32 Å². The molecule has 0 atom stereocenters. The summed E-state index contributed by atoms with van der Waals surface area (Å²) < 4.78 is 2.19. The van der Waals surface area contributed by atoms with E-state index in [0.717, 1.165) is 42.1 Å². The minimum Gasteiger partial charge on any atom is -0.356 e. The van der Waals surface area contributed by atoms with E-state index in [9.17, 15) is 4.79 Å². The predicted octanol–water partition coefficient (Wildman–Crippen LogP) is 3.93. The van der Waals surface area contributed by atoms with E-state index in [1.54, 1.807) is 24.3 Å². The third-order valence-corrected chi connectivity index (χ3v) is 4.47. The van der Waals surface area contributed by atoms with E-state index in [1.165, 1.54) is 0 Å². The summed E-state index contributed by atoms with van der Waals surface area (Å²) in [5.74, 6) is 0.978. The summed E-state index contributed by atoms with van der Waals surface area (Å²) in [6, 6.07) is 13.1. The summed E-state index contributed by atoms with van der Waals surface area (Å²) >= 11 is 5.88. The van der Waals surface area contributed by atoms with Crippen LogP contribution in [-0.4, -0.2) is 21.9 Å². The molecule has 116 valence electrons. The molecule has 0 spiro atoms. The standard InChI is InChI=1S/C18H16ClN3O/c19-14-7-5-12(6-8-14)16(23)11-13-3-1-4-15-17(13)21-18-20-9-2-10-22(15)18/h1,3-8H,2,9-11H2,(H,20,21). The lowest BCUT2D eigenvalue weighted by atomic mass is 10.0. The highest BCUT2D eigenvalue weighted by atomic mass is 35.5. The molecule has 1 N–H and O–H groups in total. The lowest BCUT2D eigenvalue weighted by Gasteiger charge is -2.15. The minimum atomic E-state index is 0.0769. The SMILES string of the molecule is O=C(Cc1cccc2c1nc1n2CCCN1)c1ccc(Cl)cc1. The fourth-order valence-electron chi connectivity index (χ4n) is 3.06.